The van der Waals surface area contributed by atoms with Crippen molar-refractivity contribution in [2.45, 2.75) is 39.5 Å². The van der Waals surface area contributed by atoms with Crippen LogP contribution in [-0.2, 0) is 0 Å². The van der Waals surface area contributed by atoms with Gasteiger partial charge < -0.3 is 4.90 Å². The molecule has 0 aliphatic carbocycles. The van der Waals surface area contributed by atoms with Crippen molar-refractivity contribution in [2.24, 2.45) is 0 Å². The molecule has 0 spiro atoms. The van der Waals surface area contributed by atoms with E-state index >= 15 is 0 Å². The number of nitrogens with zero attached hydrogens (tertiary/aromatic N) is 2. The zero-order valence-corrected chi connectivity index (χ0v) is 14.4. The second kappa shape index (κ2) is 9.83. The van der Waals surface area contributed by atoms with Gasteiger partial charge in [0.1, 0.15) is 0 Å². The molecule has 1 heterocycles. The lowest BCUT2D eigenvalue weighted by Gasteiger charge is -2.24. The standard InChI is InChI=1S/C21H28N2/c1-3-5-17-23(18-6-4-2)21-11-9-19(10-12-21)7-8-20-13-15-22-16-14-20/h7-16H,3-6,17-18H2,1-2H3. The number of hydrogen-bond acceptors (Lipinski definition) is 2. The fourth-order valence-corrected chi connectivity index (χ4v) is 2.53. The molecule has 23 heavy (non-hydrogen) atoms. The summed E-state index contributed by atoms with van der Waals surface area (Å²) in [7, 11) is 0. The molecular formula is C21H28N2. The minimum atomic E-state index is 1.16. The molecule has 2 heteroatoms. The predicted molar refractivity (Wildman–Crippen MR) is 102 cm³/mol. The van der Waals surface area contributed by atoms with Crippen LogP contribution in [0.3, 0.4) is 0 Å². The third kappa shape index (κ3) is 5.90. The number of hydrogen-bond donors (Lipinski definition) is 0. The number of pyridine rings is 1. The van der Waals surface area contributed by atoms with E-state index in [-0.39, 0.29) is 0 Å². The maximum absolute atomic E-state index is 4.04. The second-order valence-electron chi connectivity index (χ2n) is 5.90. The highest BCUT2D eigenvalue weighted by Crippen LogP contribution is 2.18. The summed E-state index contributed by atoms with van der Waals surface area (Å²) in [6.07, 6.45) is 12.9. The van der Waals surface area contributed by atoms with Gasteiger partial charge in [-0.2, -0.15) is 0 Å². The number of aromatic nitrogens is 1. The van der Waals surface area contributed by atoms with E-state index in [4.69, 9.17) is 0 Å². The summed E-state index contributed by atoms with van der Waals surface area (Å²) in [5, 5.41) is 0. The van der Waals surface area contributed by atoms with Crippen molar-refractivity contribution < 1.29 is 0 Å². The van der Waals surface area contributed by atoms with Crippen molar-refractivity contribution >= 4 is 17.8 Å². The summed E-state index contributed by atoms with van der Waals surface area (Å²) in [6.45, 7) is 6.82. The molecule has 2 aromatic rings. The Morgan fingerprint density at radius 1 is 0.783 bits per heavy atom. The monoisotopic (exact) mass is 308 g/mol. The van der Waals surface area contributed by atoms with Gasteiger partial charge in [-0.3, -0.25) is 4.98 Å². The minimum Gasteiger partial charge on any atom is -0.372 e. The van der Waals surface area contributed by atoms with Gasteiger partial charge in [-0.25, -0.2) is 0 Å². The number of anilines is 1. The molecule has 0 fully saturated rings. The molecule has 2 nitrogen and oxygen atoms in total. The van der Waals surface area contributed by atoms with Crippen molar-refractivity contribution in [1.29, 1.82) is 0 Å². The molecule has 122 valence electrons. The first-order valence-electron chi connectivity index (χ1n) is 8.76. The highest BCUT2D eigenvalue weighted by Gasteiger charge is 2.05. The van der Waals surface area contributed by atoms with Gasteiger partial charge in [-0.05, 0) is 48.2 Å². The highest BCUT2D eigenvalue weighted by atomic mass is 15.1. The van der Waals surface area contributed by atoms with Crippen molar-refractivity contribution in [2.75, 3.05) is 18.0 Å². The van der Waals surface area contributed by atoms with Crippen LogP contribution in [0.4, 0.5) is 5.69 Å². The summed E-state index contributed by atoms with van der Waals surface area (Å²) in [5.74, 6) is 0. The Kier molecular flexibility index (Phi) is 7.38. The minimum absolute atomic E-state index is 1.16. The zero-order valence-electron chi connectivity index (χ0n) is 14.4. The Balaban J connectivity index is 2.02. The van der Waals surface area contributed by atoms with Crippen LogP contribution in [0.1, 0.15) is 50.7 Å². The maximum Gasteiger partial charge on any atom is 0.0366 e. The molecule has 0 atom stereocenters. The zero-order chi connectivity index (χ0) is 16.3. The van der Waals surface area contributed by atoms with E-state index in [0.717, 1.165) is 13.1 Å². The van der Waals surface area contributed by atoms with Crippen molar-refractivity contribution in [1.82, 2.24) is 4.98 Å². The fourth-order valence-electron chi connectivity index (χ4n) is 2.53. The SMILES string of the molecule is CCCCN(CCCC)c1ccc(C=Cc2ccncc2)cc1. The van der Waals surface area contributed by atoms with Crippen LogP contribution in [0.25, 0.3) is 12.2 Å². The van der Waals surface area contributed by atoms with Gasteiger partial charge >= 0.3 is 0 Å². The smallest absolute Gasteiger partial charge is 0.0366 e. The Labute approximate surface area is 140 Å². The first kappa shape index (κ1) is 17.3. The fraction of sp³-hybridized carbons (Fsp3) is 0.381. The molecule has 0 N–H and O–H groups in total. The van der Waals surface area contributed by atoms with Crippen LogP contribution in [-0.4, -0.2) is 18.1 Å². The Morgan fingerprint density at radius 3 is 1.83 bits per heavy atom. The van der Waals surface area contributed by atoms with Crippen molar-refractivity contribution in [3.63, 3.8) is 0 Å². The lowest BCUT2D eigenvalue weighted by molar-refractivity contribution is 0.678. The molecule has 0 saturated carbocycles. The van der Waals surface area contributed by atoms with Crippen molar-refractivity contribution in [3.05, 3.63) is 59.9 Å². The molecule has 0 saturated heterocycles. The van der Waals surface area contributed by atoms with E-state index in [0.29, 0.717) is 0 Å². The maximum atomic E-state index is 4.04. The summed E-state index contributed by atoms with van der Waals surface area (Å²) >= 11 is 0. The van der Waals surface area contributed by atoms with Crippen LogP contribution in [0.15, 0.2) is 48.8 Å². The molecular weight excluding hydrogens is 280 g/mol. The Morgan fingerprint density at radius 2 is 1.30 bits per heavy atom. The first-order valence-corrected chi connectivity index (χ1v) is 8.76. The molecule has 1 aromatic heterocycles. The first-order chi connectivity index (χ1) is 11.3. The molecule has 0 aliphatic heterocycles. The van der Waals surface area contributed by atoms with Gasteiger partial charge in [0.05, 0.1) is 0 Å². The van der Waals surface area contributed by atoms with Gasteiger partial charge in [-0.15, -0.1) is 0 Å². The highest BCUT2D eigenvalue weighted by molar-refractivity contribution is 5.70. The molecule has 0 radical (unpaired) electrons. The second-order valence-corrected chi connectivity index (χ2v) is 5.90. The molecule has 0 amide bonds. The van der Waals surface area contributed by atoms with Crippen LogP contribution in [0.2, 0.25) is 0 Å². The van der Waals surface area contributed by atoms with E-state index in [1.54, 1.807) is 0 Å². The Hall–Kier alpha value is -2.09. The van der Waals surface area contributed by atoms with E-state index < -0.39 is 0 Å². The van der Waals surface area contributed by atoms with E-state index in [9.17, 15) is 0 Å². The van der Waals surface area contributed by atoms with E-state index in [1.165, 1.54) is 42.5 Å². The van der Waals surface area contributed by atoms with Crippen LogP contribution in [0.5, 0.6) is 0 Å². The lowest BCUT2D eigenvalue weighted by atomic mass is 10.1. The molecule has 0 unspecified atom stereocenters. The van der Waals surface area contributed by atoms with E-state index in [1.807, 2.05) is 24.5 Å². The molecule has 1 aromatic carbocycles. The van der Waals surface area contributed by atoms with Gasteiger partial charge in [-0.1, -0.05) is 51.0 Å². The lowest BCUT2D eigenvalue weighted by Crippen LogP contribution is -2.25. The third-order valence-electron chi connectivity index (χ3n) is 4.00. The topological polar surface area (TPSA) is 16.1 Å². The quantitative estimate of drug-likeness (QED) is 0.594. The van der Waals surface area contributed by atoms with Gasteiger partial charge in [0.15, 0.2) is 0 Å². The summed E-state index contributed by atoms with van der Waals surface area (Å²) in [4.78, 5) is 6.56. The van der Waals surface area contributed by atoms with Crippen LogP contribution < -0.4 is 4.90 Å². The van der Waals surface area contributed by atoms with E-state index in [2.05, 4.69) is 60.1 Å². The van der Waals surface area contributed by atoms with Crippen LogP contribution in [0, 0.1) is 0 Å². The van der Waals surface area contributed by atoms with Gasteiger partial charge in [0, 0.05) is 31.2 Å². The average Bonchev–Trinajstić information content (AvgIpc) is 2.62. The average molecular weight is 308 g/mol. The molecule has 0 bridgehead atoms. The largest absolute Gasteiger partial charge is 0.372 e. The molecule has 2 rings (SSSR count). The van der Waals surface area contributed by atoms with Crippen molar-refractivity contribution in [3.8, 4) is 0 Å². The van der Waals surface area contributed by atoms with Gasteiger partial charge in [0.2, 0.25) is 0 Å². The summed E-state index contributed by atoms with van der Waals surface area (Å²) in [5.41, 5.74) is 3.75. The number of rotatable bonds is 9. The summed E-state index contributed by atoms with van der Waals surface area (Å²) < 4.78 is 0. The third-order valence-corrected chi connectivity index (χ3v) is 4.00. The summed E-state index contributed by atoms with van der Waals surface area (Å²) in [6, 6.07) is 12.9. The predicted octanol–water partition coefficient (Wildman–Crippen LogP) is 5.66. The van der Waals surface area contributed by atoms with Crippen LogP contribution >= 0.6 is 0 Å². The van der Waals surface area contributed by atoms with Gasteiger partial charge in [0.25, 0.3) is 0 Å². The number of benzene rings is 1. The normalized spacial score (nSPS) is 11.0. The molecule has 0 aliphatic rings. The Bertz CT molecular complexity index is 565. The number of unbranched alkanes of at least 4 members (excludes halogenated alkanes) is 2.